The summed E-state index contributed by atoms with van der Waals surface area (Å²) in [5.74, 6) is 0.559. The van der Waals surface area contributed by atoms with Gasteiger partial charge in [0.1, 0.15) is 5.82 Å². The second kappa shape index (κ2) is 4.87. The average molecular weight is 275 g/mol. The molecular formula is C10H6Cl3N3. The van der Waals surface area contributed by atoms with Gasteiger partial charge in [-0.3, -0.25) is 0 Å². The highest BCUT2D eigenvalue weighted by molar-refractivity contribution is 6.35. The van der Waals surface area contributed by atoms with Crippen molar-refractivity contribution >= 4 is 46.3 Å². The Morgan fingerprint density at radius 2 is 1.88 bits per heavy atom. The number of hydrogen-bond acceptors (Lipinski definition) is 3. The van der Waals surface area contributed by atoms with Gasteiger partial charge in [-0.15, -0.1) is 0 Å². The van der Waals surface area contributed by atoms with Crippen LogP contribution in [0.15, 0.2) is 30.5 Å². The third-order valence-electron chi connectivity index (χ3n) is 1.82. The van der Waals surface area contributed by atoms with Crippen LogP contribution < -0.4 is 5.32 Å². The van der Waals surface area contributed by atoms with E-state index in [0.717, 1.165) is 0 Å². The largest absolute Gasteiger partial charge is 0.339 e. The van der Waals surface area contributed by atoms with Gasteiger partial charge in [-0.1, -0.05) is 23.2 Å². The second-order valence-electron chi connectivity index (χ2n) is 2.96. The fourth-order valence-corrected chi connectivity index (χ4v) is 1.62. The molecule has 0 aliphatic rings. The van der Waals surface area contributed by atoms with Crippen LogP contribution in [0.4, 0.5) is 11.5 Å². The molecule has 1 heterocycles. The molecule has 1 aromatic carbocycles. The predicted molar refractivity (Wildman–Crippen MR) is 66.8 cm³/mol. The molecule has 0 amide bonds. The lowest BCUT2D eigenvalue weighted by molar-refractivity contribution is 1.17. The molecule has 0 atom stereocenters. The van der Waals surface area contributed by atoms with Crippen molar-refractivity contribution in [3.05, 3.63) is 45.8 Å². The predicted octanol–water partition coefficient (Wildman–Crippen LogP) is 4.18. The Bertz CT molecular complexity index is 516. The Hall–Kier alpha value is -1.03. The third kappa shape index (κ3) is 2.76. The van der Waals surface area contributed by atoms with E-state index in [1.54, 1.807) is 30.5 Å². The van der Waals surface area contributed by atoms with Gasteiger partial charge < -0.3 is 5.32 Å². The van der Waals surface area contributed by atoms with Crippen molar-refractivity contribution in [3.8, 4) is 0 Å². The van der Waals surface area contributed by atoms with E-state index in [-0.39, 0.29) is 5.28 Å². The molecule has 0 saturated carbocycles. The minimum absolute atomic E-state index is 0.170. The highest BCUT2D eigenvalue weighted by Gasteiger charge is 2.03. The molecule has 1 N–H and O–H groups in total. The zero-order valence-electron chi connectivity index (χ0n) is 7.92. The first-order valence-corrected chi connectivity index (χ1v) is 5.49. The van der Waals surface area contributed by atoms with E-state index in [0.29, 0.717) is 21.6 Å². The quantitative estimate of drug-likeness (QED) is 0.835. The summed E-state index contributed by atoms with van der Waals surface area (Å²) >= 11 is 17.5. The molecule has 0 aliphatic heterocycles. The van der Waals surface area contributed by atoms with Crippen LogP contribution >= 0.6 is 34.8 Å². The van der Waals surface area contributed by atoms with Gasteiger partial charge in [0, 0.05) is 11.2 Å². The summed E-state index contributed by atoms with van der Waals surface area (Å²) in [6, 6.07) is 6.81. The molecular weight excluding hydrogens is 268 g/mol. The van der Waals surface area contributed by atoms with Crippen LogP contribution in [0, 0.1) is 0 Å². The first-order valence-electron chi connectivity index (χ1n) is 4.36. The van der Waals surface area contributed by atoms with E-state index in [1.165, 1.54) is 0 Å². The lowest BCUT2D eigenvalue weighted by atomic mass is 10.3. The molecule has 0 aliphatic carbocycles. The molecule has 0 unspecified atom stereocenters. The molecule has 0 saturated heterocycles. The molecule has 2 rings (SSSR count). The highest BCUT2D eigenvalue weighted by atomic mass is 35.5. The molecule has 0 fully saturated rings. The molecule has 3 nitrogen and oxygen atoms in total. The van der Waals surface area contributed by atoms with E-state index in [4.69, 9.17) is 34.8 Å². The summed E-state index contributed by atoms with van der Waals surface area (Å²) in [7, 11) is 0. The fourth-order valence-electron chi connectivity index (χ4n) is 1.14. The normalized spacial score (nSPS) is 10.2. The number of benzene rings is 1. The lowest BCUT2D eigenvalue weighted by Gasteiger charge is -2.07. The fraction of sp³-hybridized carbons (Fsp3) is 0. The maximum atomic E-state index is 5.99. The van der Waals surface area contributed by atoms with E-state index in [1.807, 2.05) is 0 Å². The number of rotatable bonds is 2. The average Bonchev–Trinajstić information content (AvgIpc) is 2.24. The number of hydrogen-bond donors (Lipinski definition) is 1. The van der Waals surface area contributed by atoms with Crippen molar-refractivity contribution < 1.29 is 0 Å². The monoisotopic (exact) mass is 273 g/mol. The van der Waals surface area contributed by atoms with Crippen LogP contribution in [0.25, 0.3) is 0 Å². The van der Waals surface area contributed by atoms with Crippen LogP contribution in [-0.4, -0.2) is 9.97 Å². The maximum Gasteiger partial charge on any atom is 0.224 e. The summed E-state index contributed by atoms with van der Waals surface area (Å²) in [5.41, 5.74) is 0.670. The van der Waals surface area contributed by atoms with Gasteiger partial charge in [0.05, 0.1) is 10.7 Å². The highest BCUT2D eigenvalue weighted by Crippen LogP contribution is 2.27. The molecule has 16 heavy (non-hydrogen) atoms. The van der Waals surface area contributed by atoms with Gasteiger partial charge in [0.2, 0.25) is 5.28 Å². The van der Waals surface area contributed by atoms with Gasteiger partial charge in [0.15, 0.2) is 0 Å². The third-order valence-corrected chi connectivity index (χ3v) is 2.56. The molecule has 0 radical (unpaired) electrons. The van der Waals surface area contributed by atoms with Crippen molar-refractivity contribution in [2.75, 3.05) is 5.32 Å². The summed E-state index contributed by atoms with van der Waals surface area (Å²) in [6.07, 6.45) is 1.55. The van der Waals surface area contributed by atoms with Crippen molar-refractivity contribution in [2.24, 2.45) is 0 Å². The first-order chi connectivity index (χ1) is 7.65. The van der Waals surface area contributed by atoms with Crippen molar-refractivity contribution in [1.29, 1.82) is 0 Å². The summed E-state index contributed by atoms with van der Waals surface area (Å²) in [5, 5.41) is 4.32. The van der Waals surface area contributed by atoms with E-state index >= 15 is 0 Å². The Labute approximate surface area is 107 Å². The molecule has 6 heteroatoms. The standard InChI is InChI=1S/C10H6Cl3N3/c11-6-1-2-7(12)8(5-6)15-9-3-4-14-10(13)16-9/h1-5H,(H,14,15,16). The smallest absolute Gasteiger partial charge is 0.224 e. The minimum Gasteiger partial charge on any atom is -0.339 e. The van der Waals surface area contributed by atoms with Crippen molar-refractivity contribution in [1.82, 2.24) is 9.97 Å². The zero-order valence-corrected chi connectivity index (χ0v) is 10.2. The topological polar surface area (TPSA) is 37.8 Å². The molecule has 0 bridgehead atoms. The Morgan fingerprint density at radius 3 is 2.62 bits per heavy atom. The van der Waals surface area contributed by atoms with E-state index in [9.17, 15) is 0 Å². The molecule has 82 valence electrons. The number of aromatic nitrogens is 2. The van der Waals surface area contributed by atoms with Crippen LogP contribution in [0.2, 0.25) is 15.3 Å². The van der Waals surface area contributed by atoms with Gasteiger partial charge >= 0.3 is 0 Å². The first kappa shape index (κ1) is 11.5. The van der Waals surface area contributed by atoms with Crippen molar-refractivity contribution in [3.63, 3.8) is 0 Å². The Morgan fingerprint density at radius 1 is 1.06 bits per heavy atom. The van der Waals surface area contributed by atoms with Gasteiger partial charge in [-0.25, -0.2) is 9.97 Å². The zero-order chi connectivity index (χ0) is 11.5. The number of nitrogens with zero attached hydrogens (tertiary/aromatic N) is 2. The number of anilines is 2. The summed E-state index contributed by atoms with van der Waals surface area (Å²) < 4.78 is 0. The van der Waals surface area contributed by atoms with Gasteiger partial charge in [0.25, 0.3) is 0 Å². The Balaban J connectivity index is 2.30. The van der Waals surface area contributed by atoms with Crippen LogP contribution in [0.1, 0.15) is 0 Å². The van der Waals surface area contributed by atoms with Gasteiger partial charge in [-0.05, 0) is 35.9 Å². The number of nitrogens with one attached hydrogen (secondary N) is 1. The lowest BCUT2D eigenvalue weighted by Crippen LogP contribution is -1.95. The Kier molecular flexibility index (Phi) is 3.49. The van der Waals surface area contributed by atoms with Crippen molar-refractivity contribution in [2.45, 2.75) is 0 Å². The SMILES string of the molecule is Clc1ccc(Cl)c(Nc2ccnc(Cl)n2)c1. The molecule has 2 aromatic rings. The summed E-state index contributed by atoms with van der Waals surface area (Å²) in [4.78, 5) is 7.76. The second-order valence-corrected chi connectivity index (χ2v) is 4.14. The molecule has 0 spiro atoms. The minimum atomic E-state index is 0.170. The molecule has 1 aromatic heterocycles. The summed E-state index contributed by atoms with van der Waals surface area (Å²) in [6.45, 7) is 0. The van der Waals surface area contributed by atoms with E-state index in [2.05, 4.69) is 15.3 Å². The van der Waals surface area contributed by atoms with Crippen LogP contribution in [0.3, 0.4) is 0 Å². The van der Waals surface area contributed by atoms with Crippen LogP contribution in [0.5, 0.6) is 0 Å². The van der Waals surface area contributed by atoms with Gasteiger partial charge in [-0.2, -0.15) is 0 Å². The van der Waals surface area contributed by atoms with Crippen LogP contribution in [-0.2, 0) is 0 Å². The van der Waals surface area contributed by atoms with E-state index < -0.39 is 0 Å². The number of halogens is 3. The maximum absolute atomic E-state index is 5.99.